The number of nitrogens with two attached hydrogens (primary N) is 1. The van der Waals surface area contributed by atoms with Crippen molar-refractivity contribution in [2.75, 3.05) is 6.61 Å². The molecule has 2 N–H and O–H groups in total. The third-order valence-electron chi connectivity index (χ3n) is 1.00. The summed E-state index contributed by atoms with van der Waals surface area (Å²) in [5.74, 6) is 1.70. The van der Waals surface area contributed by atoms with Crippen LogP contribution in [0.2, 0.25) is 0 Å². The number of halogens is 2. The zero-order chi connectivity index (χ0) is 8.20. The van der Waals surface area contributed by atoms with E-state index in [9.17, 15) is 8.78 Å². The van der Waals surface area contributed by atoms with Crippen LogP contribution in [0.4, 0.5) is 8.78 Å². The van der Waals surface area contributed by atoms with E-state index in [0.717, 1.165) is 0 Å². The summed E-state index contributed by atoms with van der Waals surface area (Å²) < 4.78 is 24.9. The number of rotatable bonds is 4. The first-order chi connectivity index (χ1) is 4.48. The van der Waals surface area contributed by atoms with Gasteiger partial charge in [0.2, 0.25) is 0 Å². The fourth-order valence-corrected chi connectivity index (χ4v) is 0.778. The Labute approximate surface area is 59.3 Å². The molecule has 0 aromatic heterocycles. The lowest BCUT2D eigenvalue weighted by Gasteiger charge is -2.16. The first-order valence-electron chi connectivity index (χ1n) is 3.17. The van der Waals surface area contributed by atoms with Gasteiger partial charge < -0.3 is 0 Å². The molecule has 0 aromatic carbocycles. The summed E-state index contributed by atoms with van der Waals surface area (Å²) in [5.41, 5.74) is 0. The third-order valence-corrected chi connectivity index (χ3v) is 1.00. The molecular weight excluding hydrogens is 140 g/mol. The minimum absolute atomic E-state index is 0.0369. The summed E-state index contributed by atoms with van der Waals surface area (Å²) in [7, 11) is 0. The van der Waals surface area contributed by atoms with Crippen LogP contribution in [0.3, 0.4) is 0 Å². The smallest absolute Gasteiger partial charge is 0.273 e. The fraction of sp³-hybridized carbons (Fsp3) is 1.00. The first kappa shape index (κ1) is 9.78. The Hall–Kier alpha value is -0.220. The summed E-state index contributed by atoms with van der Waals surface area (Å²) >= 11 is 0. The van der Waals surface area contributed by atoms with Crippen LogP contribution < -0.4 is 5.90 Å². The van der Waals surface area contributed by atoms with Crippen LogP contribution in [0.5, 0.6) is 0 Å². The van der Waals surface area contributed by atoms with Crippen LogP contribution in [0, 0.1) is 5.92 Å². The van der Waals surface area contributed by atoms with Crippen LogP contribution in [-0.2, 0) is 4.84 Å². The van der Waals surface area contributed by atoms with Crippen LogP contribution in [-0.4, -0.2) is 12.5 Å². The lowest BCUT2D eigenvalue weighted by atomic mass is 10.1. The highest BCUT2D eigenvalue weighted by Crippen LogP contribution is 2.22. The predicted octanol–water partition coefficient (Wildman–Crippen LogP) is 1.56. The monoisotopic (exact) mass is 153 g/mol. The zero-order valence-electron chi connectivity index (χ0n) is 6.23. The predicted molar refractivity (Wildman–Crippen MR) is 34.5 cm³/mol. The van der Waals surface area contributed by atoms with Crippen molar-refractivity contribution in [3.63, 3.8) is 0 Å². The lowest BCUT2D eigenvalue weighted by Crippen LogP contribution is -2.27. The van der Waals surface area contributed by atoms with Crippen LogP contribution in [0.1, 0.15) is 20.3 Å². The van der Waals surface area contributed by atoms with Crippen molar-refractivity contribution in [2.24, 2.45) is 11.8 Å². The molecule has 0 amide bonds. The normalized spacial score (nSPS) is 12.6. The molecule has 0 bridgehead atoms. The van der Waals surface area contributed by atoms with Gasteiger partial charge >= 0.3 is 0 Å². The molecule has 2 nitrogen and oxygen atoms in total. The minimum atomic E-state index is -2.77. The van der Waals surface area contributed by atoms with E-state index in [1.165, 1.54) is 0 Å². The molecule has 0 aliphatic carbocycles. The van der Waals surface area contributed by atoms with Crippen molar-refractivity contribution in [1.82, 2.24) is 0 Å². The van der Waals surface area contributed by atoms with Gasteiger partial charge in [0.25, 0.3) is 5.92 Å². The number of alkyl halides is 2. The second-order valence-corrected chi connectivity index (χ2v) is 2.76. The van der Waals surface area contributed by atoms with Gasteiger partial charge in [-0.25, -0.2) is 14.7 Å². The summed E-state index contributed by atoms with van der Waals surface area (Å²) in [5, 5.41) is 0. The Morgan fingerprint density at radius 2 is 2.00 bits per heavy atom. The summed E-state index contributed by atoms with van der Waals surface area (Å²) in [6.45, 7) is 2.76. The zero-order valence-corrected chi connectivity index (χ0v) is 6.23. The van der Waals surface area contributed by atoms with E-state index in [-0.39, 0.29) is 12.3 Å². The van der Waals surface area contributed by atoms with Gasteiger partial charge in [0, 0.05) is 6.42 Å². The lowest BCUT2D eigenvalue weighted by molar-refractivity contribution is -0.0900. The highest BCUT2D eigenvalue weighted by atomic mass is 19.3. The fourth-order valence-electron chi connectivity index (χ4n) is 0.778. The van der Waals surface area contributed by atoms with E-state index >= 15 is 0 Å². The molecule has 0 radical (unpaired) electrons. The maximum atomic E-state index is 12.5. The summed E-state index contributed by atoms with van der Waals surface area (Å²) in [4.78, 5) is 3.86. The SMILES string of the molecule is CC(C)CC(F)(F)CON. The minimum Gasteiger partial charge on any atom is -0.298 e. The maximum absolute atomic E-state index is 12.5. The van der Waals surface area contributed by atoms with Gasteiger partial charge in [-0.3, -0.25) is 4.84 Å². The average molecular weight is 153 g/mol. The quantitative estimate of drug-likeness (QED) is 0.622. The highest BCUT2D eigenvalue weighted by molar-refractivity contribution is 4.66. The number of hydrogen-bond acceptors (Lipinski definition) is 2. The molecule has 4 heteroatoms. The summed E-state index contributed by atoms with van der Waals surface area (Å²) in [6, 6.07) is 0. The Morgan fingerprint density at radius 3 is 2.30 bits per heavy atom. The third kappa shape index (κ3) is 4.64. The van der Waals surface area contributed by atoms with Gasteiger partial charge in [-0.05, 0) is 5.92 Å². The van der Waals surface area contributed by atoms with E-state index < -0.39 is 12.5 Å². The molecule has 0 heterocycles. The standard InChI is InChI=1S/C6H13F2NO/c1-5(2)3-6(7,8)4-10-9/h5H,3-4,9H2,1-2H3. The van der Waals surface area contributed by atoms with Gasteiger partial charge in [-0.1, -0.05) is 13.8 Å². The van der Waals surface area contributed by atoms with Crippen LogP contribution >= 0.6 is 0 Å². The maximum Gasteiger partial charge on any atom is 0.273 e. The number of hydrogen-bond donors (Lipinski definition) is 1. The molecule has 0 saturated carbocycles. The largest absolute Gasteiger partial charge is 0.298 e. The molecule has 0 aliphatic rings. The molecule has 10 heavy (non-hydrogen) atoms. The van der Waals surface area contributed by atoms with Crippen molar-refractivity contribution < 1.29 is 13.6 Å². The topological polar surface area (TPSA) is 35.2 Å². The molecule has 0 unspecified atom stereocenters. The molecule has 0 spiro atoms. The van der Waals surface area contributed by atoms with Crippen molar-refractivity contribution in [3.8, 4) is 0 Å². The van der Waals surface area contributed by atoms with Crippen molar-refractivity contribution in [3.05, 3.63) is 0 Å². The molecule has 0 aliphatic heterocycles. The van der Waals surface area contributed by atoms with E-state index in [1.807, 2.05) is 0 Å². The molecule has 0 saturated heterocycles. The summed E-state index contributed by atoms with van der Waals surface area (Å²) in [6.07, 6.45) is -0.176. The Bertz CT molecular complexity index is 95.7. The van der Waals surface area contributed by atoms with E-state index in [1.54, 1.807) is 13.8 Å². The van der Waals surface area contributed by atoms with E-state index in [2.05, 4.69) is 10.7 Å². The molecule has 0 aromatic rings. The molecule has 0 rings (SSSR count). The molecule has 0 atom stereocenters. The Balaban J connectivity index is 3.63. The van der Waals surface area contributed by atoms with Crippen LogP contribution in [0.25, 0.3) is 0 Å². The average Bonchev–Trinajstić information content (AvgIpc) is 1.59. The van der Waals surface area contributed by atoms with E-state index in [0.29, 0.717) is 0 Å². The highest BCUT2D eigenvalue weighted by Gasteiger charge is 2.29. The van der Waals surface area contributed by atoms with Crippen molar-refractivity contribution in [1.29, 1.82) is 0 Å². The molecular formula is C6H13F2NO. The van der Waals surface area contributed by atoms with Crippen LogP contribution in [0.15, 0.2) is 0 Å². The second kappa shape index (κ2) is 3.83. The molecule has 62 valence electrons. The van der Waals surface area contributed by atoms with Gasteiger partial charge in [0.05, 0.1) is 0 Å². The Kier molecular flexibility index (Phi) is 3.75. The Morgan fingerprint density at radius 1 is 1.50 bits per heavy atom. The van der Waals surface area contributed by atoms with Crippen molar-refractivity contribution >= 4 is 0 Å². The first-order valence-corrected chi connectivity index (χ1v) is 3.17. The van der Waals surface area contributed by atoms with Crippen molar-refractivity contribution in [2.45, 2.75) is 26.2 Å². The van der Waals surface area contributed by atoms with Gasteiger partial charge in [-0.2, -0.15) is 0 Å². The van der Waals surface area contributed by atoms with E-state index in [4.69, 9.17) is 0 Å². The molecule has 0 fully saturated rings. The van der Waals surface area contributed by atoms with Gasteiger partial charge in [0.15, 0.2) is 0 Å². The van der Waals surface area contributed by atoms with Gasteiger partial charge in [0.1, 0.15) is 6.61 Å². The second-order valence-electron chi connectivity index (χ2n) is 2.76. The van der Waals surface area contributed by atoms with Gasteiger partial charge in [-0.15, -0.1) is 0 Å².